The molecule has 0 radical (unpaired) electrons. The average Bonchev–Trinajstić information content (AvgIpc) is 2.64. The highest BCUT2D eigenvalue weighted by Gasteiger charge is 2.63. The van der Waals surface area contributed by atoms with Crippen molar-refractivity contribution in [2.75, 3.05) is 0 Å². The molecule has 0 spiro atoms. The first kappa shape index (κ1) is 21.1. The highest BCUT2D eigenvalue weighted by atomic mass is 35.5. The van der Waals surface area contributed by atoms with Crippen LogP contribution in [-0.4, -0.2) is 24.0 Å². The van der Waals surface area contributed by atoms with E-state index in [2.05, 4.69) is 39.1 Å². The Morgan fingerprint density at radius 1 is 1.18 bits per heavy atom. The third-order valence-electron chi connectivity index (χ3n) is 6.86. The topological polar surface area (TPSA) is 62.1 Å². The summed E-state index contributed by atoms with van der Waals surface area (Å²) in [4.78, 5) is 11.6. The van der Waals surface area contributed by atoms with Gasteiger partial charge in [0.2, 0.25) is 0 Å². The van der Waals surface area contributed by atoms with Gasteiger partial charge in [-0.25, -0.2) is 0 Å². The molecule has 28 heavy (non-hydrogen) atoms. The molecule has 4 nitrogen and oxygen atoms in total. The molecular formula is C23H31ClN2O2. The van der Waals surface area contributed by atoms with Crippen molar-refractivity contribution in [1.29, 1.82) is 5.26 Å². The average molecular weight is 403 g/mol. The van der Waals surface area contributed by atoms with Crippen LogP contribution in [0.3, 0.4) is 0 Å². The third-order valence-corrected chi connectivity index (χ3v) is 7.17. The number of halogens is 1. The quantitative estimate of drug-likeness (QED) is 0.741. The number of ether oxygens (including phenoxy) is 1. The van der Waals surface area contributed by atoms with Gasteiger partial charge in [0.25, 0.3) is 0 Å². The van der Waals surface area contributed by atoms with Crippen LogP contribution in [0.15, 0.2) is 18.2 Å². The van der Waals surface area contributed by atoms with Gasteiger partial charge in [-0.05, 0) is 44.7 Å². The normalized spacial score (nSPS) is 30.8. The molecular weight excluding hydrogens is 372 g/mol. The van der Waals surface area contributed by atoms with Crippen LogP contribution in [-0.2, 0) is 4.79 Å². The number of Topliss-reactive ketones (excluding diaryl/α,β-unsaturated/α-hetero) is 1. The molecule has 2 saturated carbocycles. The summed E-state index contributed by atoms with van der Waals surface area (Å²) in [6, 6.07) is 8.13. The lowest BCUT2D eigenvalue weighted by molar-refractivity contribution is -0.172. The fourth-order valence-corrected chi connectivity index (χ4v) is 5.77. The molecule has 2 aliphatic carbocycles. The van der Waals surface area contributed by atoms with E-state index in [-0.39, 0.29) is 22.9 Å². The number of carbonyl (C=O) groups excluding carboxylic acids is 1. The smallest absolute Gasteiger partial charge is 0.132 e. The fourth-order valence-electron chi connectivity index (χ4n) is 5.56. The predicted molar refractivity (Wildman–Crippen MR) is 111 cm³/mol. The zero-order chi connectivity index (χ0) is 20.7. The maximum absolute atomic E-state index is 11.6. The summed E-state index contributed by atoms with van der Waals surface area (Å²) >= 11 is 6.17. The van der Waals surface area contributed by atoms with Gasteiger partial charge >= 0.3 is 0 Å². The molecule has 5 heteroatoms. The third kappa shape index (κ3) is 3.80. The maximum atomic E-state index is 11.6. The Balaban J connectivity index is 1.66. The number of benzene rings is 1. The van der Waals surface area contributed by atoms with E-state index in [0.717, 1.165) is 25.7 Å². The number of nitrogens with zero attached hydrogens (tertiary/aromatic N) is 1. The van der Waals surface area contributed by atoms with Crippen molar-refractivity contribution in [3.05, 3.63) is 28.8 Å². The van der Waals surface area contributed by atoms with E-state index in [1.54, 1.807) is 19.1 Å². The SMILES string of the molecule is CC(=O)C1CCC(NC2C(C)(C)C(Oc3ccc(C#N)c(Cl)c3)C2(C)C)CC1. The summed E-state index contributed by atoms with van der Waals surface area (Å²) in [7, 11) is 0. The number of hydrogen-bond donors (Lipinski definition) is 1. The van der Waals surface area contributed by atoms with Gasteiger partial charge < -0.3 is 10.1 Å². The minimum atomic E-state index is -0.0404. The van der Waals surface area contributed by atoms with E-state index < -0.39 is 0 Å². The first-order valence-corrected chi connectivity index (χ1v) is 10.6. The molecule has 0 saturated heterocycles. The van der Waals surface area contributed by atoms with Crippen molar-refractivity contribution >= 4 is 17.4 Å². The molecule has 3 rings (SSSR count). The van der Waals surface area contributed by atoms with Gasteiger partial charge in [-0.2, -0.15) is 5.26 Å². The predicted octanol–water partition coefficient (Wildman–Crippen LogP) is 5.13. The van der Waals surface area contributed by atoms with E-state index in [4.69, 9.17) is 21.6 Å². The molecule has 2 aliphatic rings. The maximum Gasteiger partial charge on any atom is 0.132 e. The first-order valence-electron chi connectivity index (χ1n) is 10.2. The minimum absolute atomic E-state index is 0.0371. The van der Waals surface area contributed by atoms with Gasteiger partial charge in [0.15, 0.2) is 0 Å². The number of hydrogen-bond acceptors (Lipinski definition) is 4. The lowest BCUT2D eigenvalue weighted by Crippen LogP contribution is -2.75. The van der Waals surface area contributed by atoms with E-state index in [9.17, 15) is 4.79 Å². The molecule has 1 N–H and O–H groups in total. The van der Waals surface area contributed by atoms with Crippen LogP contribution in [0.1, 0.15) is 65.9 Å². The van der Waals surface area contributed by atoms with Gasteiger partial charge in [-0.3, -0.25) is 4.79 Å². The largest absolute Gasteiger partial charge is 0.489 e. The Morgan fingerprint density at radius 2 is 1.79 bits per heavy atom. The number of ketones is 1. The zero-order valence-electron chi connectivity index (χ0n) is 17.5. The molecule has 0 heterocycles. The fraction of sp³-hybridized carbons (Fsp3) is 0.652. The van der Waals surface area contributed by atoms with Crippen molar-refractivity contribution in [1.82, 2.24) is 5.32 Å². The van der Waals surface area contributed by atoms with Gasteiger partial charge in [0.1, 0.15) is 23.7 Å². The molecule has 2 fully saturated rings. The molecule has 0 amide bonds. The molecule has 0 unspecified atom stereocenters. The summed E-state index contributed by atoms with van der Waals surface area (Å²) in [6.07, 6.45) is 4.14. The number of nitrogens with one attached hydrogen (secondary N) is 1. The molecule has 152 valence electrons. The second-order valence-corrected chi connectivity index (χ2v) is 10.1. The Kier molecular flexibility index (Phi) is 5.81. The second-order valence-electron chi connectivity index (χ2n) is 9.65. The van der Waals surface area contributed by atoms with E-state index in [1.807, 2.05) is 6.07 Å². The lowest BCUT2D eigenvalue weighted by atomic mass is 9.49. The van der Waals surface area contributed by atoms with E-state index in [1.165, 1.54) is 0 Å². The Bertz CT molecular complexity index is 772. The van der Waals surface area contributed by atoms with Gasteiger partial charge in [0, 0.05) is 34.9 Å². The first-order chi connectivity index (χ1) is 13.1. The molecule has 0 aliphatic heterocycles. The minimum Gasteiger partial charge on any atom is -0.489 e. The monoisotopic (exact) mass is 402 g/mol. The molecule has 0 bridgehead atoms. The van der Waals surface area contributed by atoms with Crippen molar-refractivity contribution < 1.29 is 9.53 Å². The molecule has 1 aromatic carbocycles. The number of rotatable bonds is 5. The van der Waals surface area contributed by atoms with Crippen LogP contribution in [0, 0.1) is 28.1 Å². The summed E-state index contributed by atoms with van der Waals surface area (Å²) in [5.74, 6) is 1.28. The van der Waals surface area contributed by atoms with Crippen LogP contribution < -0.4 is 10.1 Å². The standard InChI is InChI=1S/C23H31ClN2O2/c1-14(27)15-6-9-17(10-7-15)26-20-22(2,3)21(23(20,4)5)28-18-11-8-16(13-25)19(24)12-18/h8,11-12,15,17,20-21,26H,6-7,9-10H2,1-5H3. The lowest BCUT2D eigenvalue weighted by Gasteiger charge is -2.64. The van der Waals surface area contributed by atoms with Crippen LogP contribution in [0.5, 0.6) is 5.75 Å². The van der Waals surface area contributed by atoms with Crippen molar-refractivity contribution in [3.8, 4) is 11.8 Å². The van der Waals surface area contributed by atoms with E-state index >= 15 is 0 Å². The molecule has 1 aromatic rings. The second kappa shape index (κ2) is 7.69. The Labute approximate surface area is 173 Å². The van der Waals surface area contributed by atoms with Crippen LogP contribution in [0.4, 0.5) is 0 Å². The Hall–Kier alpha value is -1.57. The zero-order valence-corrected chi connectivity index (χ0v) is 18.3. The number of nitriles is 1. The molecule has 0 atom stereocenters. The van der Waals surface area contributed by atoms with Gasteiger partial charge in [-0.1, -0.05) is 39.3 Å². The van der Waals surface area contributed by atoms with Crippen molar-refractivity contribution in [2.24, 2.45) is 16.7 Å². The summed E-state index contributed by atoms with van der Waals surface area (Å²) < 4.78 is 6.35. The number of carbonyl (C=O) groups is 1. The highest BCUT2D eigenvalue weighted by molar-refractivity contribution is 6.31. The summed E-state index contributed by atoms with van der Waals surface area (Å²) in [6.45, 7) is 10.7. The van der Waals surface area contributed by atoms with Crippen molar-refractivity contribution in [3.63, 3.8) is 0 Å². The Morgan fingerprint density at radius 3 is 2.29 bits per heavy atom. The van der Waals surface area contributed by atoms with Crippen molar-refractivity contribution in [2.45, 2.75) is 78.5 Å². The van der Waals surface area contributed by atoms with Crippen LogP contribution in [0.2, 0.25) is 5.02 Å². The van der Waals surface area contributed by atoms with E-state index in [0.29, 0.717) is 34.2 Å². The van der Waals surface area contributed by atoms with Gasteiger partial charge in [0.05, 0.1) is 10.6 Å². The summed E-state index contributed by atoms with van der Waals surface area (Å²) in [5, 5.41) is 13.4. The van der Waals surface area contributed by atoms with Crippen LogP contribution >= 0.6 is 11.6 Å². The summed E-state index contributed by atoms with van der Waals surface area (Å²) in [5.41, 5.74) is 0.379. The van der Waals surface area contributed by atoms with Gasteiger partial charge in [-0.15, -0.1) is 0 Å². The molecule has 0 aromatic heterocycles. The highest BCUT2D eigenvalue weighted by Crippen LogP contribution is 2.56. The van der Waals surface area contributed by atoms with Crippen LogP contribution in [0.25, 0.3) is 0 Å².